The zero-order valence-corrected chi connectivity index (χ0v) is 9.77. The van der Waals surface area contributed by atoms with E-state index >= 15 is 0 Å². The Morgan fingerprint density at radius 3 is 2.67 bits per heavy atom. The fraction of sp³-hybridized carbons (Fsp3) is 0.200. The summed E-state index contributed by atoms with van der Waals surface area (Å²) in [5, 5.41) is 16.9. The van der Waals surface area contributed by atoms with E-state index in [9.17, 15) is 0 Å². The molecule has 0 saturated heterocycles. The van der Waals surface area contributed by atoms with Gasteiger partial charge in [0, 0.05) is 17.1 Å². The van der Waals surface area contributed by atoms with Gasteiger partial charge in [0.05, 0.1) is 0 Å². The molecule has 0 saturated carbocycles. The highest BCUT2D eigenvalue weighted by Gasteiger charge is 2.11. The molecule has 1 aromatic carbocycles. The number of aliphatic hydroxyl groups excluding tert-OH is 1. The predicted molar refractivity (Wildman–Crippen MR) is 60.1 cm³/mol. The van der Waals surface area contributed by atoms with Crippen molar-refractivity contribution >= 4 is 15.9 Å². The van der Waals surface area contributed by atoms with Crippen LogP contribution in [0.25, 0.3) is 11.4 Å². The SMILES string of the molecule is Cn1c(CO)nnc1-c1ccccc1Br. The van der Waals surface area contributed by atoms with E-state index in [0.717, 1.165) is 15.9 Å². The van der Waals surface area contributed by atoms with E-state index in [-0.39, 0.29) is 6.61 Å². The van der Waals surface area contributed by atoms with Crippen LogP contribution in [0.3, 0.4) is 0 Å². The zero-order chi connectivity index (χ0) is 10.8. The first-order valence-electron chi connectivity index (χ1n) is 4.48. The number of aromatic nitrogens is 3. The maximum absolute atomic E-state index is 9.01. The minimum absolute atomic E-state index is 0.103. The van der Waals surface area contributed by atoms with Gasteiger partial charge in [0.1, 0.15) is 6.61 Å². The summed E-state index contributed by atoms with van der Waals surface area (Å²) in [5.74, 6) is 1.30. The van der Waals surface area contributed by atoms with Crippen LogP contribution in [-0.4, -0.2) is 19.9 Å². The molecule has 0 radical (unpaired) electrons. The first-order chi connectivity index (χ1) is 7.24. The number of aliphatic hydroxyl groups is 1. The molecule has 0 amide bonds. The molecule has 0 aliphatic heterocycles. The van der Waals surface area contributed by atoms with E-state index in [4.69, 9.17) is 5.11 Å². The van der Waals surface area contributed by atoms with Crippen LogP contribution in [-0.2, 0) is 13.7 Å². The van der Waals surface area contributed by atoms with Gasteiger partial charge in [-0.05, 0) is 6.07 Å². The average Bonchev–Trinajstić information content (AvgIpc) is 2.60. The Morgan fingerprint density at radius 1 is 1.33 bits per heavy atom. The molecule has 15 heavy (non-hydrogen) atoms. The normalized spacial score (nSPS) is 10.6. The van der Waals surface area contributed by atoms with Gasteiger partial charge in [-0.3, -0.25) is 0 Å². The van der Waals surface area contributed by atoms with Gasteiger partial charge >= 0.3 is 0 Å². The van der Waals surface area contributed by atoms with Crippen molar-refractivity contribution in [1.29, 1.82) is 0 Å². The lowest BCUT2D eigenvalue weighted by atomic mass is 10.2. The standard InChI is InChI=1S/C10H10BrN3O/c1-14-9(6-15)12-13-10(14)7-4-2-3-5-8(7)11/h2-5,15H,6H2,1H3. The summed E-state index contributed by atoms with van der Waals surface area (Å²) in [7, 11) is 1.83. The van der Waals surface area contributed by atoms with Crippen LogP contribution in [0.5, 0.6) is 0 Å². The van der Waals surface area contributed by atoms with Crippen LogP contribution in [0.2, 0.25) is 0 Å². The van der Waals surface area contributed by atoms with Crippen molar-refractivity contribution in [1.82, 2.24) is 14.8 Å². The maximum Gasteiger partial charge on any atom is 0.164 e. The number of nitrogens with zero attached hydrogens (tertiary/aromatic N) is 3. The molecule has 1 heterocycles. The summed E-state index contributed by atoms with van der Waals surface area (Å²) in [6, 6.07) is 7.78. The summed E-state index contributed by atoms with van der Waals surface area (Å²) in [6.45, 7) is -0.103. The van der Waals surface area contributed by atoms with Crippen LogP contribution in [0.4, 0.5) is 0 Å². The summed E-state index contributed by atoms with van der Waals surface area (Å²) in [4.78, 5) is 0. The molecule has 4 nitrogen and oxygen atoms in total. The number of benzene rings is 1. The zero-order valence-electron chi connectivity index (χ0n) is 8.18. The quantitative estimate of drug-likeness (QED) is 0.902. The predicted octanol–water partition coefficient (Wildman–Crippen LogP) is 1.74. The first kappa shape index (κ1) is 10.3. The Bertz CT molecular complexity index is 481. The second kappa shape index (κ2) is 4.12. The number of hydrogen-bond acceptors (Lipinski definition) is 3. The Hall–Kier alpha value is -1.20. The van der Waals surface area contributed by atoms with Gasteiger partial charge in [-0.1, -0.05) is 34.1 Å². The lowest BCUT2D eigenvalue weighted by molar-refractivity contribution is 0.267. The van der Waals surface area contributed by atoms with Crippen molar-refractivity contribution < 1.29 is 5.11 Å². The minimum atomic E-state index is -0.103. The molecule has 0 spiro atoms. The molecule has 0 unspecified atom stereocenters. The molecule has 2 rings (SSSR count). The molecular formula is C10H10BrN3O. The molecule has 78 valence electrons. The second-order valence-corrected chi connectivity index (χ2v) is 3.99. The summed E-state index contributed by atoms with van der Waals surface area (Å²) < 4.78 is 2.74. The minimum Gasteiger partial charge on any atom is -0.388 e. The van der Waals surface area contributed by atoms with Crippen LogP contribution in [0.15, 0.2) is 28.7 Å². The number of hydrogen-bond donors (Lipinski definition) is 1. The van der Waals surface area contributed by atoms with Gasteiger partial charge in [0.25, 0.3) is 0 Å². The van der Waals surface area contributed by atoms with Crippen LogP contribution < -0.4 is 0 Å². The molecule has 0 aliphatic carbocycles. The Balaban J connectivity index is 2.55. The second-order valence-electron chi connectivity index (χ2n) is 3.14. The van der Waals surface area contributed by atoms with Crippen LogP contribution in [0, 0.1) is 0 Å². The molecule has 5 heteroatoms. The van der Waals surface area contributed by atoms with E-state index in [1.807, 2.05) is 31.3 Å². The topological polar surface area (TPSA) is 50.9 Å². The van der Waals surface area contributed by atoms with E-state index in [0.29, 0.717) is 5.82 Å². The molecule has 0 bridgehead atoms. The number of halogens is 1. The lowest BCUT2D eigenvalue weighted by Gasteiger charge is -2.03. The van der Waals surface area contributed by atoms with Gasteiger partial charge < -0.3 is 9.67 Å². The van der Waals surface area contributed by atoms with Gasteiger partial charge in [0.15, 0.2) is 11.6 Å². The Kier molecular flexibility index (Phi) is 2.83. The molecule has 0 aliphatic rings. The summed E-state index contributed by atoms with van der Waals surface area (Å²) in [5.41, 5.74) is 0.965. The van der Waals surface area contributed by atoms with Crippen molar-refractivity contribution in [3.63, 3.8) is 0 Å². The highest BCUT2D eigenvalue weighted by Crippen LogP contribution is 2.26. The van der Waals surface area contributed by atoms with Crippen LogP contribution >= 0.6 is 15.9 Å². The third-order valence-electron chi connectivity index (χ3n) is 2.22. The molecule has 0 atom stereocenters. The number of rotatable bonds is 2. The van der Waals surface area contributed by atoms with Crippen molar-refractivity contribution in [3.8, 4) is 11.4 Å². The Morgan fingerprint density at radius 2 is 2.07 bits per heavy atom. The van der Waals surface area contributed by atoms with Gasteiger partial charge in [-0.15, -0.1) is 10.2 Å². The van der Waals surface area contributed by atoms with E-state index in [2.05, 4.69) is 26.1 Å². The smallest absolute Gasteiger partial charge is 0.164 e. The highest BCUT2D eigenvalue weighted by atomic mass is 79.9. The van der Waals surface area contributed by atoms with Crippen molar-refractivity contribution in [2.45, 2.75) is 6.61 Å². The molecule has 1 N–H and O–H groups in total. The third kappa shape index (κ3) is 1.80. The Labute approximate surface area is 95.7 Å². The molecule has 2 aromatic rings. The molecular weight excluding hydrogens is 258 g/mol. The van der Waals surface area contributed by atoms with Gasteiger partial charge in [-0.25, -0.2) is 0 Å². The van der Waals surface area contributed by atoms with E-state index in [1.54, 1.807) is 4.57 Å². The molecule has 1 aromatic heterocycles. The first-order valence-corrected chi connectivity index (χ1v) is 5.27. The largest absolute Gasteiger partial charge is 0.388 e. The summed E-state index contributed by atoms with van der Waals surface area (Å²) in [6.07, 6.45) is 0. The summed E-state index contributed by atoms with van der Waals surface area (Å²) >= 11 is 3.45. The van der Waals surface area contributed by atoms with Crippen molar-refractivity contribution in [3.05, 3.63) is 34.6 Å². The van der Waals surface area contributed by atoms with Crippen molar-refractivity contribution in [2.24, 2.45) is 7.05 Å². The lowest BCUT2D eigenvalue weighted by Crippen LogP contribution is -1.99. The van der Waals surface area contributed by atoms with Crippen molar-refractivity contribution in [2.75, 3.05) is 0 Å². The molecule has 0 fully saturated rings. The van der Waals surface area contributed by atoms with E-state index < -0.39 is 0 Å². The fourth-order valence-electron chi connectivity index (χ4n) is 1.38. The van der Waals surface area contributed by atoms with E-state index in [1.165, 1.54) is 0 Å². The third-order valence-corrected chi connectivity index (χ3v) is 2.91. The highest BCUT2D eigenvalue weighted by molar-refractivity contribution is 9.10. The monoisotopic (exact) mass is 267 g/mol. The van der Waals surface area contributed by atoms with Gasteiger partial charge in [0.2, 0.25) is 0 Å². The average molecular weight is 268 g/mol. The maximum atomic E-state index is 9.01. The van der Waals surface area contributed by atoms with Gasteiger partial charge in [-0.2, -0.15) is 0 Å². The van der Waals surface area contributed by atoms with Crippen LogP contribution in [0.1, 0.15) is 5.82 Å². The fourth-order valence-corrected chi connectivity index (χ4v) is 1.84.